The Labute approximate surface area is 43.7 Å². The molecular formula is C4H12N2O. The van der Waals surface area contributed by atoms with Gasteiger partial charge in [0.2, 0.25) is 0 Å². The molecule has 1 atom stereocenters. The van der Waals surface area contributed by atoms with Crippen molar-refractivity contribution in [1.29, 1.82) is 0 Å². The lowest BCUT2D eigenvalue weighted by Crippen LogP contribution is -2.33. The maximum Gasteiger partial charge on any atom is 0.105 e. The Balaban J connectivity index is 3.14. The summed E-state index contributed by atoms with van der Waals surface area (Å²) in [6, 6.07) is 0. The van der Waals surface area contributed by atoms with Gasteiger partial charge in [-0.05, 0) is 14.0 Å². The van der Waals surface area contributed by atoms with E-state index in [1.54, 1.807) is 18.9 Å². The molecule has 0 aliphatic heterocycles. The lowest BCUT2D eigenvalue weighted by molar-refractivity contribution is 0.0404. The first-order chi connectivity index (χ1) is 3.18. The number of rotatable bonds is 2. The van der Waals surface area contributed by atoms with Crippen LogP contribution in [0.5, 0.6) is 0 Å². The summed E-state index contributed by atoms with van der Waals surface area (Å²) in [7, 11) is 1.75. The quantitative estimate of drug-likeness (QED) is 0.450. The smallest absolute Gasteiger partial charge is 0.105 e. The Morgan fingerprint density at radius 2 is 2.29 bits per heavy atom. The zero-order valence-electron chi connectivity index (χ0n) is 4.76. The second-order valence-corrected chi connectivity index (χ2v) is 1.57. The Bertz CT molecular complexity index is 47.0. The Morgan fingerprint density at radius 3 is 2.29 bits per heavy atom. The number of aliphatic hydroxyl groups is 1. The summed E-state index contributed by atoms with van der Waals surface area (Å²) < 4.78 is 0. The van der Waals surface area contributed by atoms with Crippen LogP contribution in [-0.4, -0.2) is 30.0 Å². The third kappa shape index (κ3) is 2.56. The maximum absolute atomic E-state index is 8.67. The molecule has 0 fully saturated rings. The first-order valence-electron chi connectivity index (χ1n) is 2.27. The SMILES string of the molecule is CC(O)N(C)CN. The zero-order chi connectivity index (χ0) is 5.86. The molecule has 3 heteroatoms. The van der Waals surface area contributed by atoms with E-state index in [0.29, 0.717) is 6.67 Å². The highest BCUT2D eigenvalue weighted by molar-refractivity contribution is 4.42. The van der Waals surface area contributed by atoms with Crippen molar-refractivity contribution < 1.29 is 5.11 Å². The average Bonchev–Trinajstić information content (AvgIpc) is 1.65. The van der Waals surface area contributed by atoms with Crippen LogP contribution < -0.4 is 5.73 Å². The summed E-state index contributed by atoms with van der Waals surface area (Å²) in [5.41, 5.74) is 5.14. The molecule has 0 spiro atoms. The maximum atomic E-state index is 8.67. The van der Waals surface area contributed by atoms with Gasteiger partial charge in [-0.1, -0.05) is 0 Å². The molecule has 3 nitrogen and oxygen atoms in total. The topological polar surface area (TPSA) is 49.5 Å². The van der Waals surface area contributed by atoms with Crippen LogP contribution in [0.3, 0.4) is 0 Å². The fraction of sp³-hybridized carbons (Fsp3) is 1.00. The van der Waals surface area contributed by atoms with Gasteiger partial charge in [0, 0.05) is 6.67 Å². The molecule has 7 heavy (non-hydrogen) atoms. The van der Waals surface area contributed by atoms with Crippen LogP contribution in [0.15, 0.2) is 0 Å². The van der Waals surface area contributed by atoms with Crippen LogP contribution in [0.2, 0.25) is 0 Å². The van der Waals surface area contributed by atoms with Crippen molar-refractivity contribution in [2.24, 2.45) is 5.73 Å². The van der Waals surface area contributed by atoms with E-state index < -0.39 is 6.23 Å². The van der Waals surface area contributed by atoms with Crippen molar-refractivity contribution in [2.75, 3.05) is 13.7 Å². The lowest BCUT2D eigenvalue weighted by Gasteiger charge is -2.15. The molecule has 0 aromatic rings. The third-order valence-corrected chi connectivity index (χ3v) is 0.926. The predicted octanol–water partition coefficient (Wildman–Crippen LogP) is -0.827. The fourth-order valence-corrected chi connectivity index (χ4v) is 0.153. The van der Waals surface area contributed by atoms with E-state index in [1.807, 2.05) is 0 Å². The van der Waals surface area contributed by atoms with Gasteiger partial charge in [0.1, 0.15) is 6.23 Å². The molecule has 0 aliphatic carbocycles. The number of nitrogens with zero attached hydrogens (tertiary/aromatic N) is 1. The minimum atomic E-state index is -0.426. The Hall–Kier alpha value is -0.120. The normalized spacial score (nSPS) is 15.0. The van der Waals surface area contributed by atoms with E-state index >= 15 is 0 Å². The van der Waals surface area contributed by atoms with Crippen LogP contribution in [0.1, 0.15) is 6.92 Å². The minimum Gasteiger partial charge on any atom is -0.379 e. The molecule has 0 amide bonds. The van der Waals surface area contributed by atoms with Crippen molar-refractivity contribution >= 4 is 0 Å². The van der Waals surface area contributed by atoms with Crippen molar-refractivity contribution in [3.8, 4) is 0 Å². The van der Waals surface area contributed by atoms with E-state index in [1.165, 1.54) is 0 Å². The van der Waals surface area contributed by atoms with Crippen molar-refractivity contribution in [3.63, 3.8) is 0 Å². The summed E-state index contributed by atoms with van der Waals surface area (Å²) in [5.74, 6) is 0. The minimum absolute atomic E-state index is 0.400. The second-order valence-electron chi connectivity index (χ2n) is 1.57. The van der Waals surface area contributed by atoms with E-state index in [0.717, 1.165) is 0 Å². The monoisotopic (exact) mass is 104 g/mol. The molecule has 0 heterocycles. The molecule has 0 aromatic heterocycles. The molecule has 0 saturated carbocycles. The van der Waals surface area contributed by atoms with Gasteiger partial charge in [-0.25, -0.2) is 0 Å². The van der Waals surface area contributed by atoms with Gasteiger partial charge < -0.3 is 10.8 Å². The first-order valence-corrected chi connectivity index (χ1v) is 2.27. The van der Waals surface area contributed by atoms with E-state index in [9.17, 15) is 0 Å². The van der Waals surface area contributed by atoms with Crippen LogP contribution in [0, 0.1) is 0 Å². The summed E-state index contributed by atoms with van der Waals surface area (Å²) in [5, 5.41) is 8.67. The van der Waals surface area contributed by atoms with Gasteiger partial charge in [0.15, 0.2) is 0 Å². The summed E-state index contributed by atoms with van der Waals surface area (Å²) >= 11 is 0. The third-order valence-electron chi connectivity index (χ3n) is 0.926. The molecule has 44 valence electrons. The molecule has 1 unspecified atom stereocenters. The lowest BCUT2D eigenvalue weighted by atomic mass is 10.6. The Morgan fingerprint density at radius 1 is 1.86 bits per heavy atom. The van der Waals surface area contributed by atoms with Crippen molar-refractivity contribution in [2.45, 2.75) is 13.2 Å². The number of nitrogens with two attached hydrogens (primary N) is 1. The second kappa shape index (κ2) is 2.96. The average molecular weight is 104 g/mol. The highest BCUT2D eigenvalue weighted by Crippen LogP contribution is 1.82. The van der Waals surface area contributed by atoms with Crippen LogP contribution >= 0.6 is 0 Å². The van der Waals surface area contributed by atoms with E-state index in [4.69, 9.17) is 10.8 Å². The molecule has 3 N–H and O–H groups in total. The van der Waals surface area contributed by atoms with Crippen LogP contribution in [-0.2, 0) is 0 Å². The molecule has 0 rings (SSSR count). The van der Waals surface area contributed by atoms with Gasteiger partial charge in [-0.3, -0.25) is 4.90 Å². The highest BCUT2D eigenvalue weighted by atomic mass is 16.3. The summed E-state index contributed by atoms with van der Waals surface area (Å²) in [6.07, 6.45) is -0.426. The predicted molar refractivity (Wildman–Crippen MR) is 28.5 cm³/mol. The fourth-order valence-electron chi connectivity index (χ4n) is 0.153. The molecule has 0 saturated heterocycles. The van der Waals surface area contributed by atoms with Crippen LogP contribution in [0.4, 0.5) is 0 Å². The molecule has 0 aliphatic rings. The number of aliphatic hydroxyl groups excluding tert-OH is 1. The van der Waals surface area contributed by atoms with E-state index in [2.05, 4.69) is 0 Å². The van der Waals surface area contributed by atoms with Gasteiger partial charge in [0.05, 0.1) is 0 Å². The first kappa shape index (κ1) is 6.88. The standard InChI is InChI=1S/C4H12N2O/c1-4(7)6(2)3-5/h4,7H,3,5H2,1-2H3. The van der Waals surface area contributed by atoms with Gasteiger partial charge in [-0.15, -0.1) is 0 Å². The molecule has 0 radical (unpaired) electrons. The van der Waals surface area contributed by atoms with Crippen LogP contribution in [0.25, 0.3) is 0 Å². The largest absolute Gasteiger partial charge is 0.379 e. The summed E-state index contributed by atoms with van der Waals surface area (Å²) in [4.78, 5) is 1.62. The molecular weight excluding hydrogens is 92.1 g/mol. The van der Waals surface area contributed by atoms with E-state index in [-0.39, 0.29) is 0 Å². The number of hydrogen-bond donors (Lipinski definition) is 2. The van der Waals surface area contributed by atoms with Gasteiger partial charge in [-0.2, -0.15) is 0 Å². The highest BCUT2D eigenvalue weighted by Gasteiger charge is 1.97. The van der Waals surface area contributed by atoms with Crippen molar-refractivity contribution in [1.82, 2.24) is 4.90 Å². The summed E-state index contributed by atoms with van der Waals surface area (Å²) in [6.45, 7) is 2.07. The molecule has 0 aromatic carbocycles. The van der Waals surface area contributed by atoms with Gasteiger partial charge >= 0.3 is 0 Å². The van der Waals surface area contributed by atoms with Gasteiger partial charge in [0.25, 0.3) is 0 Å². The molecule has 0 bridgehead atoms. The number of hydrogen-bond acceptors (Lipinski definition) is 3. The van der Waals surface area contributed by atoms with Crippen molar-refractivity contribution in [3.05, 3.63) is 0 Å². The Kier molecular flexibility index (Phi) is 2.91. The zero-order valence-corrected chi connectivity index (χ0v) is 4.76.